The van der Waals surface area contributed by atoms with E-state index in [1.807, 2.05) is 6.07 Å². The van der Waals surface area contributed by atoms with Gasteiger partial charge in [-0.05, 0) is 62.1 Å². The fourth-order valence-corrected chi connectivity index (χ4v) is 4.04. The second-order valence-electron chi connectivity index (χ2n) is 7.89. The summed E-state index contributed by atoms with van der Waals surface area (Å²) in [5.74, 6) is 1.82. The smallest absolute Gasteiger partial charge is 0.273 e. The van der Waals surface area contributed by atoms with Crippen molar-refractivity contribution in [1.82, 2.24) is 14.5 Å². The van der Waals surface area contributed by atoms with Crippen molar-refractivity contribution in [3.05, 3.63) is 80.2 Å². The Morgan fingerprint density at radius 3 is 2.62 bits per heavy atom. The maximum absolute atomic E-state index is 12.7. The average molecular weight is 456 g/mol. The Balaban J connectivity index is 1.45. The lowest BCUT2D eigenvalue weighted by Gasteiger charge is -2.33. The van der Waals surface area contributed by atoms with Crippen molar-refractivity contribution < 1.29 is 4.74 Å². The predicted octanol–water partition coefficient (Wildman–Crippen LogP) is 2.72. The number of H-pyrrole nitrogens is 1. The lowest BCUT2D eigenvalue weighted by atomic mass is 9.94. The van der Waals surface area contributed by atoms with E-state index in [1.165, 1.54) is 23.0 Å². The molecule has 1 aliphatic rings. The van der Waals surface area contributed by atoms with Crippen molar-refractivity contribution in [2.24, 2.45) is 11.7 Å². The Bertz CT molecular complexity index is 1170. The normalized spacial score (nSPS) is 14.5. The van der Waals surface area contributed by atoms with E-state index in [-0.39, 0.29) is 23.4 Å². The Hall–Kier alpha value is -3.10. The third-order valence-electron chi connectivity index (χ3n) is 5.73. The van der Waals surface area contributed by atoms with Crippen LogP contribution in [0.3, 0.4) is 0 Å². The van der Waals surface area contributed by atoms with Gasteiger partial charge in [-0.3, -0.25) is 19.1 Å². The van der Waals surface area contributed by atoms with Gasteiger partial charge in [-0.1, -0.05) is 11.6 Å². The zero-order valence-corrected chi connectivity index (χ0v) is 18.4. The first-order valence-electron chi connectivity index (χ1n) is 10.7. The van der Waals surface area contributed by atoms with Gasteiger partial charge in [0.25, 0.3) is 11.1 Å². The number of aromatic amines is 1. The number of pyridine rings is 3. The minimum atomic E-state index is -0.354. The molecule has 0 aromatic carbocycles. The first kappa shape index (κ1) is 22.1. The number of hydrogen-bond donors (Lipinski definition) is 2. The van der Waals surface area contributed by atoms with Crippen molar-refractivity contribution >= 4 is 17.4 Å². The van der Waals surface area contributed by atoms with Crippen molar-refractivity contribution in [2.75, 3.05) is 24.5 Å². The van der Waals surface area contributed by atoms with Crippen molar-refractivity contribution in [3.8, 4) is 11.4 Å². The van der Waals surface area contributed by atoms with Crippen LogP contribution in [0, 0.1) is 5.92 Å². The Morgan fingerprint density at radius 2 is 1.97 bits per heavy atom. The van der Waals surface area contributed by atoms with Crippen LogP contribution in [0.15, 0.2) is 58.4 Å². The topological polar surface area (TPSA) is 106 Å². The van der Waals surface area contributed by atoms with Crippen LogP contribution >= 0.6 is 11.6 Å². The van der Waals surface area contributed by atoms with Crippen LogP contribution < -0.4 is 26.5 Å². The van der Waals surface area contributed by atoms with E-state index in [0.29, 0.717) is 28.9 Å². The third-order valence-corrected chi connectivity index (χ3v) is 5.95. The summed E-state index contributed by atoms with van der Waals surface area (Å²) >= 11 is 5.83. The standard InChI is InChI=1S/C23H26ClN5O3/c24-17-1-2-18(26-14-17)15-32-19-8-12-29(22(30)13-19)20-3-4-21(27-23(20)31)28-10-6-16(5-9-25)7-11-28/h1-4,8,12-14,16H,5-7,9-11,15,25H2,(H,27,31). The van der Waals surface area contributed by atoms with Crippen LogP contribution in [0.2, 0.25) is 5.02 Å². The van der Waals surface area contributed by atoms with Gasteiger partial charge in [0.1, 0.15) is 23.9 Å². The zero-order valence-electron chi connectivity index (χ0n) is 17.7. The second kappa shape index (κ2) is 10.0. The summed E-state index contributed by atoms with van der Waals surface area (Å²) in [6.45, 7) is 2.69. The van der Waals surface area contributed by atoms with Crippen molar-refractivity contribution in [3.63, 3.8) is 0 Å². The third kappa shape index (κ3) is 5.20. The van der Waals surface area contributed by atoms with Gasteiger partial charge in [-0.25, -0.2) is 0 Å². The Morgan fingerprint density at radius 1 is 1.16 bits per heavy atom. The van der Waals surface area contributed by atoms with Gasteiger partial charge < -0.3 is 20.4 Å². The summed E-state index contributed by atoms with van der Waals surface area (Å²) in [7, 11) is 0. The number of hydrogen-bond acceptors (Lipinski definition) is 6. The molecule has 3 aromatic heterocycles. The summed E-state index contributed by atoms with van der Waals surface area (Å²) in [5, 5.41) is 0.545. The van der Waals surface area contributed by atoms with E-state index in [0.717, 1.165) is 38.2 Å². The first-order chi connectivity index (χ1) is 15.5. The van der Waals surface area contributed by atoms with Gasteiger partial charge >= 0.3 is 0 Å². The van der Waals surface area contributed by atoms with E-state index < -0.39 is 0 Å². The summed E-state index contributed by atoms with van der Waals surface area (Å²) in [6.07, 6.45) is 6.25. The number of piperidine rings is 1. The number of aromatic nitrogens is 3. The van der Waals surface area contributed by atoms with E-state index in [2.05, 4.69) is 14.9 Å². The Kier molecular flexibility index (Phi) is 6.92. The highest BCUT2D eigenvalue weighted by Crippen LogP contribution is 2.23. The summed E-state index contributed by atoms with van der Waals surface area (Å²) in [5.41, 5.74) is 5.95. The molecule has 0 spiro atoms. The highest BCUT2D eigenvalue weighted by molar-refractivity contribution is 6.30. The molecule has 0 radical (unpaired) electrons. The summed E-state index contributed by atoms with van der Waals surface area (Å²) < 4.78 is 6.95. The Labute approximate surface area is 190 Å². The minimum Gasteiger partial charge on any atom is -0.487 e. The SMILES string of the molecule is NCCC1CCN(c2ccc(-n3ccc(OCc4ccc(Cl)cn4)cc3=O)c(=O)[nH]2)CC1. The van der Waals surface area contributed by atoms with E-state index in [1.54, 1.807) is 24.3 Å². The molecule has 0 bridgehead atoms. The largest absolute Gasteiger partial charge is 0.487 e. The van der Waals surface area contributed by atoms with Crippen LogP contribution in [0.25, 0.3) is 5.69 Å². The number of halogens is 1. The van der Waals surface area contributed by atoms with Crippen LogP contribution in [0.4, 0.5) is 5.82 Å². The van der Waals surface area contributed by atoms with Crippen LogP contribution in [0.1, 0.15) is 25.0 Å². The molecule has 1 saturated heterocycles. The lowest BCUT2D eigenvalue weighted by molar-refractivity contribution is 0.300. The molecule has 0 aliphatic carbocycles. The van der Waals surface area contributed by atoms with Crippen LogP contribution in [0.5, 0.6) is 5.75 Å². The molecule has 0 atom stereocenters. The van der Waals surface area contributed by atoms with E-state index in [4.69, 9.17) is 22.1 Å². The maximum Gasteiger partial charge on any atom is 0.273 e. The van der Waals surface area contributed by atoms with Crippen molar-refractivity contribution in [2.45, 2.75) is 25.9 Å². The van der Waals surface area contributed by atoms with Crippen LogP contribution in [-0.2, 0) is 6.61 Å². The molecule has 8 nitrogen and oxygen atoms in total. The van der Waals surface area contributed by atoms with E-state index in [9.17, 15) is 9.59 Å². The molecule has 168 valence electrons. The molecule has 32 heavy (non-hydrogen) atoms. The number of anilines is 1. The number of ether oxygens (including phenoxy) is 1. The molecule has 4 rings (SSSR count). The molecule has 9 heteroatoms. The molecule has 4 heterocycles. The minimum absolute atomic E-state index is 0.206. The number of nitrogens with two attached hydrogens (primary N) is 1. The molecule has 0 saturated carbocycles. The number of rotatable bonds is 7. The fourth-order valence-electron chi connectivity index (χ4n) is 3.93. The fraction of sp³-hybridized carbons (Fsp3) is 0.348. The molecule has 0 amide bonds. The summed E-state index contributed by atoms with van der Waals surface area (Å²) in [6, 6.07) is 10.0. The average Bonchev–Trinajstić information content (AvgIpc) is 2.80. The van der Waals surface area contributed by atoms with Gasteiger partial charge in [0, 0.05) is 31.5 Å². The van der Waals surface area contributed by atoms with Gasteiger partial charge in [0.15, 0.2) is 0 Å². The first-order valence-corrected chi connectivity index (χ1v) is 11.1. The van der Waals surface area contributed by atoms with Crippen molar-refractivity contribution in [1.29, 1.82) is 0 Å². The van der Waals surface area contributed by atoms with E-state index >= 15 is 0 Å². The molecule has 0 unspecified atom stereocenters. The molecule has 3 aromatic rings. The molecular weight excluding hydrogens is 430 g/mol. The van der Waals surface area contributed by atoms with Gasteiger partial charge in [0.05, 0.1) is 10.7 Å². The molecular formula is C23H26ClN5O3. The highest BCUT2D eigenvalue weighted by Gasteiger charge is 2.20. The maximum atomic E-state index is 12.7. The van der Waals surface area contributed by atoms with Crippen LogP contribution in [-0.4, -0.2) is 34.2 Å². The van der Waals surface area contributed by atoms with Gasteiger partial charge in [-0.15, -0.1) is 0 Å². The van der Waals surface area contributed by atoms with Gasteiger partial charge in [-0.2, -0.15) is 0 Å². The lowest BCUT2D eigenvalue weighted by Crippen LogP contribution is -2.36. The molecule has 1 aliphatic heterocycles. The molecule has 3 N–H and O–H groups in total. The second-order valence-corrected chi connectivity index (χ2v) is 8.33. The predicted molar refractivity (Wildman–Crippen MR) is 125 cm³/mol. The molecule has 1 fully saturated rings. The zero-order chi connectivity index (χ0) is 22.5. The number of nitrogens with one attached hydrogen (secondary N) is 1. The van der Waals surface area contributed by atoms with Gasteiger partial charge in [0.2, 0.25) is 0 Å². The monoisotopic (exact) mass is 455 g/mol. The summed E-state index contributed by atoms with van der Waals surface area (Å²) in [4.78, 5) is 34.6. The number of nitrogens with zero attached hydrogens (tertiary/aromatic N) is 3. The highest BCUT2D eigenvalue weighted by atomic mass is 35.5. The quantitative estimate of drug-likeness (QED) is 0.567.